The normalized spacial score (nSPS) is 16.0. The van der Waals surface area contributed by atoms with Crippen molar-refractivity contribution in [3.05, 3.63) is 23.8 Å². The molecule has 1 aromatic carbocycles. The summed E-state index contributed by atoms with van der Waals surface area (Å²) in [6, 6.07) is 6.03. The molecular weight excluding hydrogens is 280 g/mol. The van der Waals surface area contributed by atoms with E-state index in [1.54, 1.807) is 7.11 Å². The first kappa shape index (κ1) is 17.1. The van der Waals surface area contributed by atoms with Crippen LogP contribution in [0.25, 0.3) is 0 Å². The highest BCUT2D eigenvalue weighted by Crippen LogP contribution is 2.31. The smallest absolute Gasteiger partial charge is 0.166 e. The van der Waals surface area contributed by atoms with Gasteiger partial charge in [0.05, 0.1) is 26.4 Å². The first-order chi connectivity index (χ1) is 10.7. The molecule has 1 saturated heterocycles. The van der Waals surface area contributed by atoms with Crippen LogP contribution in [0.15, 0.2) is 18.2 Å². The second-order valence-electron chi connectivity index (χ2n) is 5.75. The molecular formula is C17H28N2O3. The Morgan fingerprint density at radius 1 is 1.27 bits per heavy atom. The molecule has 0 spiro atoms. The third-order valence-corrected chi connectivity index (χ3v) is 3.66. The number of nitrogens with zero attached hydrogens (tertiary/aromatic N) is 1. The molecule has 0 saturated carbocycles. The molecule has 2 rings (SSSR count). The van der Waals surface area contributed by atoms with Gasteiger partial charge in [0.2, 0.25) is 0 Å². The zero-order valence-electron chi connectivity index (χ0n) is 13.9. The van der Waals surface area contributed by atoms with Crippen LogP contribution in [0.5, 0.6) is 11.5 Å². The van der Waals surface area contributed by atoms with Gasteiger partial charge < -0.3 is 19.5 Å². The number of nitrogens with one attached hydrogen (secondary N) is 1. The quantitative estimate of drug-likeness (QED) is 0.743. The molecule has 1 heterocycles. The van der Waals surface area contributed by atoms with Crippen LogP contribution in [0.1, 0.15) is 19.4 Å². The lowest BCUT2D eigenvalue weighted by atomic mass is 10.1. The van der Waals surface area contributed by atoms with Crippen molar-refractivity contribution in [2.75, 3.05) is 46.5 Å². The van der Waals surface area contributed by atoms with Crippen LogP contribution in [0.2, 0.25) is 0 Å². The summed E-state index contributed by atoms with van der Waals surface area (Å²) in [7, 11) is 1.68. The lowest BCUT2D eigenvalue weighted by molar-refractivity contribution is 0.0384. The highest BCUT2D eigenvalue weighted by Gasteiger charge is 2.13. The van der Waals surface area contributed by atoms with Crippen molar-refractivity contribution in [1.82, 2.24) is 10.2 Å². The SMILES string of the molecule is COc1cccc(CNCCN2CCOCC2)c1OC(C)C. The number of rotatable bonds is 8. The minimum atomic E-state index is 0.128. The molecule has 0 atom stereocenters. The number of hydrogen-bond donors (Lipinski definition) is 1. The van der Waals surface area contributed by atoms with Gasteiger partial charge in [-0.1, -0.05) is 12.1 Å². The summed E-state index contributed by atoms with van der Waals surface area (Å²) in [6.45, 7) is 10.6. The van der Waals surface area contributed by atoms with Gasteiger partial charge in [0.25, 0.3) is 0 Å². The van der Waals surface area contributed by atoms with E-state index in [4.69, 9.17) is 14.2 Å². The second-order valence-corrected chi connectivity index (χ2v) is 5.75. The number of morpholine rings is 1. The number of hydrogen-bond acceptors (Lipinski definition) is 5. The predicted molar refractivity (Wildman–Crippen MR) is 87.7 cm³/mol. The van der Waals surface area contributed by atoms with Crippen LogP contribution < -0.4 is 14.8 Å². The van der Waals surface area contributed by atoms with Crippen molar-refractivity contribution in [3.8, 4) is 11.5 Å². The minimum Gasteiger partial charge on any atom is -0.493 e. The lowest BCUT2D eigenvalue weighted by Crippen LogP contribution is -2.40. The fraction of sp³-hybridized carbons (Fsp3) is 0.647. The number of benzene rings is 1. The van der Waals surface area contributed by atoms with E-state index in [9.17, 15) is 0 Å². The highest BCUT2D eigenvalue weighted by molar-refractivity contribution is 5.46. The van der Waals surface area contributed by atoms with E-state index in [-0.39, 0.29) is 6.10 Å². The molecule has 22 heavy (non-hydrogen) atoms. The van der Waals surface area contributed by atoms with Crippen molar-refractivity contribution in [3.63, 3.8) is 0 Å². The van der Waals surface area contributed by atoms with Gasteiger partial charge in [-0.05, 0) is 19.9 Å². The van der Waals surface area contributed by atoms with E-state index in [2.05, 4.69) is 16.3 Å². The van der Waals surface area contributed by atoms with Gasteiger partial charge in [-0.15, -0.1) is 0 Å². The van der Waals surface area contributed by atoms with E-state index in [0.717, 1.165) is 63.0 Å². The zero-order valence-corrected chi connectivity index (χ0v) is 13.9. The summed E-state index contributed by atoms with van der Waals surface area (Å²) in [6.07, 6.45) is 0.128. The topological polar surface area (TPSA) is 43.0 Å². The Kier molecular flexibility index (Phi) is 6.96. The van der Waals surface area contributed by atoms with Crippen LogP contribution in [0.3, 0.4) is 0 Å². The van der Waals surface area contributed by atoms with Gasteiger partial charge >= 0.3 is 0 Å². The Morgan fingerprint density at radius 3 is 2.73 bits per heavy atom. The van der Waals surface area contributed by atoms with Gasteiger partial charge in [0.1, 0.15) is 0 Å². The zero-order chi connectivity index (χ0) is 15.8. The molecule has 1 aromatic rings. The molecule has 1 N–H and O–H groups in total. The van der Waals surface area contributed by atoms with Crippen LogP contribution in [0.4, 0.5) is 0 Å². The Balaban J connectivity index is 1.85. The van der Waals surface area contributed by atoms with Gasteiger partial charge in [0, 0.05) is 38.3 Å². The first-order valence-electron chi connectivity index (χ1n) is 8.04. The van der Waals surface area contributed by atoms with E-state index in [0.29, 0.717) is 0 Å². The molecule has 0 radical (unpaired) electrons. The third kappa shape index (κ3) is 5.16. The number of para-hydroxylation sites is 1. The predicted octanol–water partition coefficient (Wildman–Crippen LogP) is 1.90. The third-order valence-electron chi connectivity index (χ3n) is 3.66. The monoisotopic (exact) mass is 308 g/mol. The molecule has 5 nitrogen and oxygen atoms in total. The van der Waals surface area contributed by atoms with Crippen molar-refractivity contribution < 1.29 is 14.2 Å². The van der Waals surface area contributed by atoms with Gasteiger partial charge in [-0.25, -0.2) is 0 Å². The average Bonchev–Trinajstić information content (AvgIpc) is 2.53. The Hall–Kier alpha value is -1.30. The Labute approximate surface area is 133 Å². The van der Waals surface area contributed by atoms with Crippen molar-refractivity contribution in [1.29, 1.82) is 0 Å². The Morgan fingerprint density at radius 2 is 2.05 bits per heavy atom. The molecule has 124 valence electrons. The average molecular weight is 308 g/mol. The molecule has 1 aliphatic heterocycles. The lowest BCUT2D eigenvalue weighted by Gasteiger charge is -2.26. The summed E-state index contributed by atoms with van der Waals surface area (Å²) in [4.78, 5) is 2.42. The summed E-state index contributed by atoms with van der Waals surface area (Å²) in [5.74, 6) is 1.64. The van der Waals surface area contributed by atoms with Crippen LogP contribution >= 0.6 is 0 Å². The summed E-state index contributed by atoms with van der Waals surface area (Å²) >= 11 is 0. The maximum atomic E-state index is 5.92. The minimum absolute atomic E-state index is 0.128. The molecule has 1 aliphatic rings. The summed E-state index contributed by atoms with van der Waals surface area (Å²) in [5, 5.41) is 3.50. The highest BCUT2D eigenvalue weighted by atomic mass is 16.5. The fourth-order valence-corrected chi connectivity index (χ4v) is 2.52. The van der Waals surface area contributed by atoms with Gasteiger partial charge in [-0.3, -0.25) is 4.90 Å². The van der Waals surface area contributed by atoms with E-state index in [1.807, 2.05) is 26.0 Å². The second kappa shape index (κ2) is 8.98. The molecule has 0 bridgehead atoms. The summed E-state index contributed by atoms with van der Waals surface area (Å²) < 4.78 is 16.7. The van der Waals surface area contributed by atoms with Crippen molar-refractivity contribution >= 4 is 0 Å². The molecule has 0 amide bonds. The van der Waals surface area contributed by atoms with Crippen LogP contribution in [-0.2, 0) is 11.3 Å². The van der Waals surface area contributed by atoms with Crippen molar-refractivity contribution in [2.45, 2.75) is 26.5 Å². The van der Waals surface area contributed by atoms with E-state index in [1.165, 1.54) is 0 Å². The maximum Gasteiger partial charge on any atom is 0.166 e. The van der Waals surface area contributed by atoms with Crippen molar-refractivity contribution in [2.24, 2.45) is 0 Å². The first-order valence-corrected chi connectivity index (χ1v) is 8.04. The largest absolute Gasteiger partial charge is 0.493 e. The standard InChI is InChI=1S/C17H28N2O3/c1-14(2)22-17-15(5-4-6-16(17)20-3)13-18-7-8-19-9-11-21-12-10-19/h4-6,14,18H,7-13H2,1-3H3. The molecule has 0 aliphatic carbocycles. The van der Waals surface area contributed by atoms with E-state index < -0.39 is 0 Å². The number of ether oxygens (including phenoxy) is 3. The van der Waals surface area contributed by atoms with Gasteiger partial charge in [0.15, 0.2) is 11.5 Å². The van der Waals surface area contributed by atoms with Crippen LogP contribution in [-0.4, -0.2) is 57.5 Å². The maximum absolute atomic E-state index is 5.92. The fourth-order valence-electron chi connectivity index (χ4n) is 2.52. The summed E-state index contributed by atoms with van der Waals surface area (Å²) in [5.41, 5.74) is 1.13. The number of methoxy groups -OCH3 is 1. The van der Waals surface area contributed by atoms with Crippen LogP contribution in [0, 0.1) is 0 Å². The molecule has 1 fully saturated rings. The van der Waals surface area contributed by atoms with Gasteiger partial charge in [-0.2, -0.15) is 0 Å². The van der Waals surface area contributed by atoms with E-state index >= 15 is 0 Å². The molecule has 0 unspecified atom stereocenters. The Bertz CT molecular complexity index is 446. The molecule has 5 heteroatoms. The molecule has 0 aromatic heterocycles.